The topological polar surface area (TPSA) is 45.7 Å². The van der Waals surface area contributed by atoms with Gasteiger partial charge in [0.05, 0.1) is 18.8 Å². The maximum absolute atomic E-state index is 12.8. The van der Waals surface area contributed by atoms with Gasteiger partial charge in [-0.15, -0.1) is 0 Å². The summed E-state index contributed by atoms with van der Waals surface area (Å²) in [6, 6.07) is 15.1. The fourth-order valence-corrected chi connectivity index (χ4v) is 4.56. The van der Waals surface area contributed by atoms with Crippen molar-refractivity contribution in [3.63, 3.8) is 0 Å². The number of hydrogen-bond acceptors (Lipinski definition) is 4. The van der Waals surface area contributed by atoms with Gasteiger partial charge in [0.2, 0.25) is 5.91 Å². The molecular formula is C25H33N3O2. The summed E-state index contributed by atoms with van der Waals surface area (Å²) in [7, 11) is 1.98. The van der Waals surface area contributed by atoms with Gasteiger partial charge in [-0.05, 0) is 36.5 Å². The zero-order valence-electron chi connectivity index (χ0n) is 18.0. The molecule has 2 fully saturated rings. The molecule has 2 aliphatic rings. The molecule has 2 aromatic rings. The van der Waals surface area contributed by atoms with Crippen molar-refractivity contribution in [2.24, 2.45) is 0 Å². The van der Waals surface area contributed by atoms with Crippen LogP contribution >= 0.6 is 0 Å². The number of aromatic nitrogens is 1. The van der Waals surface area contributed by atoms with E-state index in [1.165, 1.54) is 30.4 Å². The lowest BCUT2D eigenvalue weighted by atomic mass is 9.94. The van der Waals surface area contributed by atoms with Crippen LogP contribution in [0.5, 0.6) is 0 Å². The third kappa shape index (κ3) is 5.46. The van der Waals surface area contributed by atoms with Crippen LogP contribution in [0.25, 0.3) is 0 Å². The summed E-state index contributed by atoms with van der Waals surface area (Å²) in [5.41, 5.74) is 3.43. The van der Waals surface area contributed by atoms with Crippen LogP contribution in [-0.4, -0.2) is 60.0 Å². The Morgan fingerprint density at radius 2 is 1.90 bits per heavy atom. The quantitative estimate of drug-likeness (QED) is 0.730. The standard InChI is InChI=1S/C25H33N3O2/c1-27(22-10-6-3-7-11-22)25(29)19-28-14-15-30-24(18-28)23-13-12-21(17-26-23)16-20-8-4-2-5-9-20/h2,4-5,8-9,12-13,17,22,24H,3,6-7,10-11,14-16,18-19H2,1H3/t24-/m0/s1. The van der Waals surface area contributed by atoms with Crippen LogP contribution < -0.4 is 0 Å². The Balaban J connectivity index is 1.31. The molecule has 2 heterocycles. The molecule has 0 spiro atoms. The summed E-state index contributed by atoms with van der Waals surface area (Å²) < 4.78 is 5.98. The Labute approximate surface area is 180 Å². The molecule has 0 unspecified atom stereocenters. The first-order valence-electron chi connectivity index (χ1n) is 11.3. The summed E-state index contributed by atoms with van der Waals surface area (Å²) in [5, 5.41) is 0. The van der Waals surface area contributed by atoms with E-state index in [1.54, 1.807) is 0 Å². The van der Waals surface area contributed by atoms with E-state index in [2.05, 4.69) is 46.3 Å². The first-order chi connectivity index (χ1) is 14.7. The zero-order valence-corrected chi connectivity index (χ0v) is 18.0. The number of amides is 1. The van der Waals surface area contributed by atoms with Crippen molar-refractivity contribution in [1.82, 2.24) is 14.8 Å². The predicted octanol–water partition coefficient (Wildman–Crippen LogP) is 3.84. The average molecular weight is 408 g/mol. The second-order valence-corrected chi connectivity index (χ2v) is 8.64. The van der Waals surface area contributed by atoms with Crippen molar-refractivity contribution in [3.05, 3.63) is 65.5 Å². The van der Waals surface area contributed by atoms with Gasteiger partial charge in [-0.2, -0.15) is 0 Å². The predicted molar refractivity (Wildman–Crippen MR) is 118 cm³/mol. The maximum atomic E-state index is 12.8. The Morgan fingerprint density at radius 1 is 1.10 bits per heavy atom. The molecule has 1 atom stereocenters. The second-order valence-electron chi connectivity index (χ2n) is 8.64. The van der Waals surface area contributed by atoms with E-state index < -0.39 is 0 Å². The monoisotopic (exact) mass is 407 g/mol. The van der Waals surface area contributed by atoms with Crippen molar-refractivity contribution in [1.29, 1.82) is 0 Å². The number of carbonyl (C=O) groups excluding carboxylic acids is 1. The summed E-state index contributed by atoms with van der Waals surface area (Å²) in [4.78, 5) is 21.7. The van der Waals surface area contributed by atoms with Crippen LogP contribution in [0.15, 0.2) is 48.7 Å². The lowest BCUT2D eigenvalue weighted by molar-refractivity contribution is -0.135. The average Bonchev–Trinajstić information content (AvgIpc) is 2.80. The number of carbonyl (C=O) groups is 1. The van der Waals surface area contributed by atoms with Gasteiger partial charge in [0.25, 0.3) is 0 Å². The Kier molecular flexibility index (Phi) is 7.13. The van der Waals surface area contributed by atoms with Crippen LogP contribution in [0.2, 0.25) is 0 Å². The Bertz CT molecular complexity index is 803. The number of likely N-dealkylation sites (N-methyl/N-ethyl adjacent to an activating group) is 1. The summed E-state index contributed by atoms with van der Waals surface area (Å²) in [6.07, 6.45) is 8.85. The Hall–Kier alpha value is -2.24. The van der Waals surface area contributed by atoms with E-state index in [0.717, 1.165) is 38.0 Å². The van der Waals surface area contributed by atoms with Gasteiger partial charge in [-0.3, -0.25) is 14.7 Å². The SMILES string of the molecule is CN(C(=O)CN1CCO[C@H](c2ccc(Cc3ccccc3)cn2)C1)C1CCCCC1. The normalized spacial score (nSPS) is 20.8. The van der Waals surface area contributed by atoms with Crippen LogP contribution in [-0.2, 0) is 16.0 Å². The summed E-state index contributed by atoms with van der Waals surface area (Å²) in [6.45, 7) is 2.62. The second kappa shape index (κ2) is 10.2. The minimum Gasteiger partial charge on any atom is -0.369 e. The number of nitrogens with zero attached hydrogens (tertiary/aromatic N) is 3. The van der Waals surface area contributed by atoms with Gasteiger partial charge in [-0.1, -0.05) is 55.7 Å². The van der Waals surface area contributed by atoms with Crippen molar-refractivity contribution >= 4 is 5.91 Å². The number of rotatable bonds is 6. The molecule has 1 aliphatic carbocycles. The van der Waals surface area contributed by atoms with E-state index in [-0.39, 0.29) is 12.0 Å². The fourth-order valence-electron chi connectivity index (χ4n) is 4.56. The highest BCUT2D eigenvalue weighted by Gasteiger charge is 2.27. The first kappa shape index (κ1) is 21.0. The van der Waals surface area contributed by atoms with Crippen molar-refractivity contribution in [2.75, 3.05) is 33.3 Å². The smallest absolute Gasteiger partial charge is 0.236 e. The number of hydrogen-bond donors (Lipinski definition) is 0. The molecule has 4 rings (SSSR count). The third-order valence-corrected chi connectivity index (χ3v) is 6.45. The van der Waals surface area contributed by atoms with Gasteiger partial charge in [-0.25, -0.2) is 0 Å². The molecule has 1 amide bonds. The van der Waals surface area contributed by atoms with Gasteiger partial charge in [0, 0.05) is 32.4 Å². The van der Waals surface area contributed by atoms with E-state index in [4.69, 9.17) is 4.74 Å². The minimum atomic E-state index is -0.0719. The highest BCUT2D eigenvalue weighted by molar-refractivity contribution is 5.78. The molecule has 5 nitrogen and oxygen atoms in total. The molecule has 1 aliphatic heterocycles. The van der Waals surface area contributed by atoms with Gasteiger partial charge < -0.3 is 9.64 Å². The Morgan fingerprint density at radius 3 is 2.63 bits per heavy atom. The zero-order chi connectivity index (χ0) is 20.8. The molecule has 1 aromatic heterocycles. The molecule has 30 heavy (non-hydrogen) atoms. The number of benzene rings is 1. The number of morpholine rings is 1. The summed E-state index contributed by atoms with van der Waals surface area (Å²) >= 11 is 0. The molecule has 1 aromatic carbocycles. The molecule has 0 radical (unpaired) electrons. The maximum Gasteiger partial charge on any atom is 0.236 e. The minimum absolute atomic E-state index is 0.0719. The molecule has 1 saturated carbocycles. The van der Waals surface area contributed by atoms with E-state index in [0.29, 0.717) is 19.2 Å². The number of ether oxygens (including phenoxy) is 1. The molecule has 1 saturated heterocycles. The van der Waals surface area contributed by atoms with Crippen LogP contribution in [0.1, 0.15) is 55.0 Å². The first-order valence-corrected chi connectivity index (χ1v) is 11.3. The van der Waals surface area contributed by atoms with Gasteiger partial charge >= 0.3 is 0 Å². The lowest BCUT2D eigenvalue weighted by Gasteiger charge is -2.35. The number of pyridine rings is 1. The van der Waals surface area contributed by atoms with Gasteiger partial charge in [0.1, 0.15) is 6.10 Å². The largest absolute Gasteiger partial charge is 0.369 e. The lowest BCUT2D eigenvalue weighted by Crippen LogP contribution is -2.47. The van der Waals surface area contributed by atoms with Crippen LogP contribution in [0, 0.1) is 0 Å². The highest BCUT2D eigenvalue weighted by Crippen LogP contribution is 2.24. The summed E-state index contributed by atoms with van der Waals surface area (Å²) in [5.74, 6) is 0.230. The van der Waals surface area contributed by atoms with Crippen molar-refractivity contribution in [3.8, 4) is 0 Å². The molecule has 5 heteroatoms. The van der Waals surface area contributed by atoms with E-state index in [1.807, 2.05) is 24.2 Å². The fraction of sp³-hybridized carbons (Fsp3) is 0.520. The third-order valence-electron chi connectivity index (χ3n) is 6.45. The van der Waals surface area contributed by atoms with E-state index in [9.17, 15) is 4.79 Å². The highest BCUT2D eigenvalue weighted by atomic mass is 16.5. The molecular weight excluding hydrogens is 374 g/mol. The van der Waals surface area contributed by atoms with Crippen molar-refractivity contribution in [2.45, 2.75) is 50.7 Å². The molecule has 160 valence electrons. The molecule has 0 N–H and O–H groups in total. The van der Waals surface area contributed by atoms with Gasteiger partial charge in [0.15, 0.2) is 0 Å². The van der Waals surface area contributed by atoms with E-state index >= 15 is 0 Å². The molecule has 0 bridgehead atoms. The van der Waals surface area contributed by atoms with Crippen molar-refractivity contribution < 1.29 is 9.53 Å². The van der Waals surface area contributed by atoms with Crippen LogP contribution in [0.4, 0.5) is 0 Å². The van der Waals surface area contributed by atoms with Crippen LogP contribution in [0.3, 0.4) is 0 Å².